The molecule has 0 aliphatic carbocycles. The van der Waals surface area contributed by atoms with E-state index in [4.69, 9.17) is 27.9 Å². The smallest absolute Gasteiger partial charge is 0.416 e. The number of rotatable bonds is 15. The SMILES string of the molecule is Cc1cc(CN2CCN(C)C(C(O)CN3CCN(c4nc(N/N=C/c5cc(-c6cccc(C(F)(F)F)c6)cc(Cl)c5O)ncc4F)CC3)C2)cc(Cl)c1-c1ccnc(/C=N/Nc2ncc(F)c(N3CCOCC3)n2)c1. The number of aliphatic hydroxyl groups is 1. The van der Waals surface area contributed by atoms with Crippen molar-refractivity contribution in [2.75, 3.05) is 106 Å². The second kappa shape index (κ2) is 23.5. The van der Waals surface area contributed by atoms with Gasteiger partial charge < -0.3 is 24.7 Å². The number of aliphatic hydroxyl groups excluding tert-OH is 1. The van der Waals surface area contributed by atoms with Gasteiger partial charge in [-0.2, -0.15) is 33.3 Å². The highest BCUT2D eigenvalue weighted by Gasteiger charge is 2.33. The van der Waals surface area contributed by atoms with Gasteiger partial charge in [0.1, 0.15) is 5.75 Å². The number of aromatic nitrogens is 5. The summed E-state index contributed by atoms with van der Waals surface area (Å²) in [5.41, 5.74) is 9.55. The van der Waals surface area contributed by atoms with Crippen LogP contribution in [0.3, 0.4) is 0 Å². The first-order valence-corrected chi connectivity index (χ1v) is 24.8. The first-order valence-electron chi connectivity index (χ1n) is 24.1. The van der Waals surface area contributed by atoms with Crippen LogP contribution >= 0.6 is 23.2 Å². The Kier molecular flexibility index (Phi) is 16.6. The fourth-order valence-corrected chi connectivity index (χ4v) is 10.00. The highest BCUT2D eigenvalue weighted by Crippen LogP contribution is 2.37. The second-order valence-electron chi connectivity index (χ2n) is 18.4. The standard InChI is InChI=1S/C51H53Cl2F5N14O3/c1-31-18-32(19-39(52)45(31)34-6-7-59-38(22-34)25-63-67-50-61-27-42(55)48(65-50)72-14-16-75-17-15-72)28-70-9-8-68(2)43(29-70)44(73)30-69-10-12-71(13-11-69)47-41(54)26-60-49(64-47)66-62-24-36-20-35(23-40(53)46(36)74)33-4-3-5-37(21-33)51(56,57)58/h3-7,18-27,43-44,73-74H,8-17,28-30H2,1-2H3,(H,60,64,66)(H,61,65,67)/b62-24+,63-25+. The molecule has 9 rings (SSSR count). The predicted octanol–water partition coefficient (Wildman–Crippen LogP) is 7.64. The number of phenolic OH excluding ortho intramolecular Hbond substituents is 1. The number of pyridine rings is 1. The van der Waals surface area contributed by atoms with Gasteiger partial charge in [0, 0.05) is 100 Å². The van der Waals surface area contributed by atoms with E-state index >= 15 is 4.39 Å². The van der Waals surface area contributed by atoms with Gasteiger partial charge in [-0.15, -0.1) is 0 Å². The van der Waals surface area contributed by atoms with Crippen LogP contribution in [0, 0.1) is 18.6 Å². The third-order valence-corrected chi connectivity index (χ3v) is 13.9. The predicted molar refractivity (Wildman–Crippen MR) is 279 cm³/mol. The molecule has 6 heterocycles. The molecule has 75 heavy (non-hydrogen) atoms. The van der Waals surface area contributed by atoms with E-state index < -0.39 is 29.5 Å². The Hall–Kier alpha value is -6.66. The van der Waals surface area contributed by atoms with Crippen LogP contribution in [-0.2, 0) is 17.5 Å². The van der Waals surface area contributed by atoms with E-state index in [-0.39, 0.29) is 51.5 Å². The highest BCUT2D eigenvalue weighted by molar-refractivity contribution is 6.33. The number of hydrazone groups is 2. The van der Waals surface area contributed by atoms with Crippen molar-refractivity contribution in [2.24, 2.45) is 10.2 Å². The lowest BCUT2D eigenvalue weighted by Crippen LogP contribution is -2.59. The molecule has 3 aliphatic rings. The molecular weight excluding hydrogens is 1020 g/mol. The molecule has 0 spiro atoms. The number of alkyl halides is 3. The van der Waals surface area contributed by atoms with Crippen molar-refractivity contribution < 1.29 is 36.9 Å². The molecule has 3 fully saturated rings. The van der Waals surface area contributed by atoms with Crippen LogP contribution in [-0.4, -0.2) is 160 Å². The molecule has 2 unspecified atom stereocenters. The van der Waals surface area contributed by atoms with E-state index in [0.29, 0.717) is 88.4 Å². The Labute approximate surface area is 439 Å². The summed E-state index contributed by atoms with van der Waals surface area (Å²) in [7, 11) is 2.02. The summed E-state index contributed by atoms with van der Waals surface area (Å²) < 4.78 is 75.2. The van der Waals surface area contributed by atoms with E-state index in [1.807, 2.05) is 32.2 Å². The van der Waals surface area contributed by atoms with Crippen molar-refractivity contribution in [1.29, 1.82) is 0 Å². The zero-order valence-electron chi connectivity index (χ0n) is 40.8. The molecule has 0 amide bonds. The maximum atomic E-state index is 15.2. The number of benzene rings is 3. The first-order chi connectivity index (χ1) is 36.1. The minimum Gasteiger partial charge on any atom is -0.506 e. The number of anilines is 4. The summed E-state index contributed by atoms with van der Waals surface area (Å²) >= 11 is 13.2. The third kappa shape index (κ3) is 13.1. The lowest BCUT2D eigenvalue weighted by Gasteiger charge is -2.43. The topological polar surface area (TPSA) is 179 Å². The van der Waals surface area contributed by atoms with Crippen molar-refractivity contribution in [3.05, 3.63) is 129 Å². The number of aryl methyl sites for hydroxylation is 1. The van der Waals surface area contributed by atoms with Gasteiger partial charge >= 0.3 is 6.18 Å². The Morgan fingerprint density at radius 2 is 1.44 bits per heavy atom. The minimum absolute atomic E-state index is 0.0307. The maximum Gasteiger partial charge on any atom is 0.416 e. The normalized spacial score (nSPS) is 17.8. The van der Waals surface area contributed by atoms with Crippen LogP contribution in [0.1, 0.15) is 27.9 Å². The molecule has 394 valence electrons. The van der Waals surface area contributed by atoms with Gasteiger partial charge in [-0.3, -0.25) is 19.7 Å². The van der Waals surface area contributed by atoms with Crippen LogP contribution in [0.25, 0.3) is 22.3 Å². The molecule has 2 atom stereocenters. The van der Waals surface area contributed by atoms with E-state index in [1.54, 1.807) is 16.0 Å². The molecule has 4 N–H and O–H groups in total. The Morgan fingerprint density at radius 3 is 2.12 bits per heavy atom. The van der Waals surface area contributed by atoms with Crippen molar-refractivity contribution >= 4 is 59.2 Å². The number of hydrogen-bond acceptors (Lipinski definition) is 17. The van der Waals surface area contributed by atoms with Crippen molar-refractivity contribution in [3.63, 3.8) is 0 Å². The molecule has 3 aromatic heterocycles. The lowest BCUT2D eigenvalue weighted by atomic mass is 9.97. The first kappa shape index (κ1) is 53.2. The largest absolute Gasteiger partial charge is 0.506 e. The second-order valence-corrected chi connectivity index (χ2v) is 19.2. The van der Waals surface area contributed by atoms with Crippen LogP contribution in [0.4, 0.5) is 45.5 Å². The van der Waals surface area contributed by atoms with Gasteiger partial charge in [0.05, 0.1) is 60.4 Å². The van der Waals surface area contributed by atoms with Crippen molar-refractivity contribution in [3.8, 4) is 28.0 Å². The fourth-order valence-electron chi connectivity index (χ4n) is 9.37. The number of phenols is 1. The van der Waals surface area contributed by atoms with E-state index in [0.717, 1.165) is 59.9 Å². The number of piperazine rings is 2. The van der Waals surface area contributed by atoms with Crippen LogP contribution < -0.4 is 20.7 Å². The highest BCUT2D eigenvalue weighted by atomic mass is 35.5. The quantitative estimate of drug-likeness (QED) is 0.0448. The van der Waals surface area contributed by atoms with E-state index in [2.05, 4.69) is 66.7 Å². The summed E-state index contributed by atoms with van der Waals surface area (Å²) in [4.78, 5) is 31.4. The number of β-amino-alcohol motifs (C(OH)–C–C–N with tert-alkyl or cyclic N) is 1. The summed E-state index contributed by atoms with van der Waals surface area (Å²) in [5.74, 6) is -1.12. The number of morpholine rings is 1. The summed E-state index contributed by atoms with van der Waals surface area (Å²) in [6.07, 6.45) is 1.35. The lowest BCUT2D eigenvalue weighted by molar-refractivity contribution is -0.137. The molecule has 6 aromatic rings. The zero-order valence-corrected chi connectivity index (χ0v) is 42.3. The summed E-state index contributed by atoms with van der Waals surface area (Å²) in [6, 6.07) is 15.2. The van der Waals surface area contributed by atoms with Crippen LogP contribution in [0.5, 0.6) is 5.75 Å². The van der Waals surface area contributed by atoms with Gasteiger partial charge in [-0.1, -0.05) is 41.4 Å². The molecular formula is C51H53Cl2F5N14O3. The minimum atomic E-state index is -4.55. The number of nitrogens with zero attached hydrogens (tertiary/aromatic N) is 12. The van der Waals surface area contributed by atoms with Gasteiger partial charge in [0.15, 0.2) is 23.3 Å². The number of aromatic hydroxyl groups is 1. The monoisotopic (exact) mass is 1070 g/mol. The van der Waals surface area contributed by atoms with Gasteiger partial charge in [0.25, 0.3) is 0 Å². The fraction of sp³-hybridized carbons (Fsp3) is 0.353. The van der Waals surface area contributed by atoms with Gasteiger partial charge in [-0.25, -0.2) is 29.6 Å². The molecule has 0 radical (unpaired) electrons. The average Bonchev–Trinajstić information content (AvgIpc) is 3.39. The number of ether oxygens (including phenoxy) is 1. The molecule has 3 aromatic carbocycles. The summed E-state index contributed by atoms with van der Waals surface area (Å²) in [5, 5.41) is 31.1. The number of nitrogens with one attached hydrogen (secondary N) is 2. The number of hydrogen-bond donors (Lipinski definition) is 4. The number of likely N-dealkylation sites (N-methyl/N-ethyl adjacent to an activating group) is 1. The maximum absolute atomic E-state index is 15.2. The van der Waals surface area contributed by atoms with E-state index in [1.165, 1.54) is 36.7 Å². The summed E-state index contributed by atoms with van der Waals surface area (Å²) in [6.45, 7) is 9.22. The molecule has 3 saturated heterocycles. The van der Waals surface area contributed by atoms with Gasteiger partial charge in [0.2, 0.25) is 11.9 Å². The molecule has 0 saturated carbocycles. The van der Waals surface area contributed by atoms with E-state index in [9.17, 15) is 27.8 Å². The molecule has 0 bridgehead atoms. The molecule has 24 heteroatoms. The van der Waals surface area contributed by atoms with Crippen LogP contribution in [0.2, 0.25) is 10.0 Å². The van der Waals surface area contributed by atoms with Gasteiger partial charge in [-0.05, 0) is 84.3 Å². The van der Waals surface area contributed by atoms with Crippen molar-refractivity contribution in [1.82, 2.24) is 39.6 Å². The third-order valence-electron chi connectivity index (χ3n) is 13.3. The Balaban J connectivity index is 0.767. The van der Waals surface area contributed by atoms with Crippen LogP contribution in [0.15, 0.2) is 89.5 Å². The molecule has 3 aliphatic heterocycles. The Morgan fingerprint density at radius 1 is 0.773 bits per heavy atom. The Bertz CT molecular complexity index is 3030. The van der Waals surface area contributed by atoms with Crippen molar-refractivity contribution in [2.45, 2.75) is 31.8 Å². The zero-order chi connectivity index (χ0) is 52.8. The number of halogens is 7. The average molecular weight is 1080 g/mol. The molecule has 17 nitrogen and oxygen atoms in total.